The van der Waals surface area contributed by atoms with E-state index < -0.39 is 14.5 Å². The van der Waals surface area contributed by atoms with Crippen LogP contribution in [0, 0.1) is 0 Å². The molecule has 0 amide bonds. The summed E-state index contributed by atoms with van der Waals surface area (Å²) in [6.45, 7) is 3.30. The lowest BCUT2D eigenvalue weighted by Crippen LogP contribution is -2.21. The van der Waals surface area contributed by atoms with Crippen LogP contribution in [-0.2, 0) is 6.42 Å². The van der Waals surface area contributed by atoms with E-state index in [0.29, 0.717) is 6.42 Å². The third-order valence-electron chi connectivity index (χ3n) is 2.09. The second-order valence-corrected chi connectivity index (χ2v) is 6.12. The predicted molar refractivity (Wildman–Crippen MR) is 53.6 cm³/mol. The van der Waals surface area contributed by atoms with Crippen LogP contribution in [0.2, 0.25) is 5.04 Å². The predicted octanol–water partition coefficient (Wildman–Crippen LogP) is 3.17. The van der Waals surface area contributed by atoms with Gasteiger partial charge in [-0.3, -0.25) is 8.22 Å². The zero-order chi connectivity index (χ0) is 9.90. The Bertz CT molecular complexity index is 257. The van der Waals surface area contributed by atoms with Gasteiger partial charge in [0.15, 0.2) is 0 Å². The summed E-state index contributed by atoms with van der Waals surface area (Å²) in [5.41, 5.74) is 1.00. The lowest BCUT2D eigenvalue weighted by atomic mass is 10.0. The molecule has 0 aliphatic carbocycles. The van der Waals surface area contributed by atoms with Gasteiger partial charge in [-0.15, -0.1) is 0 Å². The molecule has 0 aliphatic rings. The molecule has 0 unspecified atom stereocenters. The van der Waals surface area contributed by atoms with Gasteiger partial charge in [0, 0.05) is 5.04 Å². The average Bonchev–Trinajstić information content (AvgIpc) is 2.05. The van der Waals surface area contributed by atoms with Gasteiger partial charge < -0.3 is 0 Å². The fourth-order valence-electron chi connectivity index (χ4n) is 1.20. The first-order chi connectivity index (χ1) is 6.02. The monoisotopic (exact) mass is 200 g/mol. The maximum absolute atomic E-state index is 12.6. The summed E-state index contributed by atoms with van der Waals surface area (Å²) in [4.78, 5) is 0. The molecule has 0 saturated carbocycles. The third-order valence-corrected chi connectivity index (χ3v) is 3.48. The average molecular weight is 200 g/mol. The smallest absolute Gasteiger partial charge is 0.274 e. The van der Waals surface area contributed by atoms with Gasteiger partial charge in [-0.1, -0.05) is 44.2 Å². The number of hydrogen-bond donors (Lipinski definition) is 0. The van der Waals surface area contributed by atoms with E-state index in [2.05, 4.69) is 0 Å². The van der Waals surface area contributed by atoms with Crippen LogP contribution in [0.25, 0.3) is 0 Å². The summed E-state index contributed by atoms with van der Waals surface area (Å²) < 4.78 is 25.3. The van der Waals surface area contributed by atoms with Crippen molar-refractivity contribution in [2.75, 3.05) is 0 Å². The molecule has 1 aromatic carbocycles. The molecule has 0 heterocycles. The number of rotatable bonds is 3. The Labute approximate surface area is 79.5 Å². The van der Waals surface area contributed by atoms with Crippen LogP contribution in [0.5, 0.6) is 0 Å². The van der Waals surface area contributed by atoms with Crippen molar-refractivity contribution in [3.8, 4) is 0 Å². The highest BCUT2D eigenvalue weighted by atomic mass is 28.4. The number of hydrogen-bond acceptors (Lipinski definition) is 0. The fourth-order valence-corrected chi connectivity index (χ4v) is 1.59. The molecule has 3 heteroatoms. The van der Waals surface area contributed by atoms with E-state index in [4.69, 9.17) is 0 Å². The molecule has 0 fully saturated rings. The molecule has 0 nitrogen and oxygen atoms in total. The minimum absolute atomic E-state index is 0.484. The largest absolute Gasteiger partial charge is 0.417 e. The van der Waals surface area contributed by atoms with Gasteiger partial charge in [0.05, 0.1) is 0 Å². The minimum atomic E-state index is -3.55. The van der Waals surface area contributed by atoms with Crippen molar-refractivity contribution >= 4 is 9.46 Å². The first kappa shape index (κ1) is 10.4. The van der Waals surface area contributed by atoms with Crippen LogP contribution in [0.1, 0.15) is 19.4 Å². The minimum Gasteiger partial charge on any atom is -0.274 e. The summed E-state index contributed by atoms with van der Waals surface area (Å²) in [5.74, 6) is 0. The zero-order valence-electron chi connectivity index (χ0n) is 7.93. The van der Waals surface area contributed by atoms with Crippen molar-refractivity contribution < 1.29 is 8.22 Å². The molecule has 0 spiro atoms. The zero-order valence-corrected chi connectivity index (χ0v) is 9.08. The standard InChI is InChI=1S/C10H14F2Si/c1-10(2,13(11)12)8-9-6-4-3-5-7-9/h3-7,13H,8H2,1-2H3. The lowest BCUT2D eigenvalue weighted by molar-refractivity contribution is 0.515. The molecule has 0 saturated heterocycles. The Kier molecular flexibility index (Phi) is 3.20. The van der Waals surface area contributed by atoms with E-state index in [1.54, 1.807) is 13.8 Å². The van der Waals surface area contributed by atoms with E-state index in [1.807, 2.05) is 30.3 Å². The lowest BCUT2D eigenvalue weighted by Gasteiger charge is -2.21. The third kappa shape index (κ3) is 2.92. The van der Waals surface area contributed by atoms with Crippen LogP contribution in [-0.4, -0.2) is 9.46 Å². The van der Waals surface area contributed by atoms with E-state index in [9.17, 15) is 8.22 Å². The summed E-state index contributed by atoms with van der Waals surface area (Å²) in [5, 5.41) is -0.790. The van der Waals surface area contributed by atoms with Crippen molar-refractivity contribution in [2.45, 2.75) is 25.3 Å². The van der Waals surface area contributed by atoms with Crippen LogP contribution in [0.3, 0.4) is 0 Å². The summed E-state index contributed by atoms with van der Waals surface area (Å²) >= 11 is 0. The Morgan fingerprint density at radius 3 is 2.15 bits per heavy atom. The van der Waals surface area contributed by atoms with Crippen molar-refractivity contribution in [2.24, 2.45) is 0 Å². The highest BCUT2D eigenvalue weighted by Crippen LogP contribution is 2.33. The van der Waals surface area contributed by atoms with Crippen LogP contribution >= 0.6 is 0 Å². The molecule has 0 bridgehead atoms. The second kappa shape index (κ2) is 4.00. The highest BCUT2D eigenvalue weighted by molar-refractivity contribution is 6.46. The normalized spacial score (nSPS) is 12.1. The molecule has 1 aromatic rings. The van der Waals surface area contributed by atoms with Crippen LogP contribution in [0.4, 0.5) is 8.22 Å². The van der Waals surface area contributed by atoms with Crippen LogP contribution in [0.15, 0.2) is 30.3 Å². The van der Waals surface area contributed by atoms with E-state index >= 15 is 0 Å². The molecule has 0 radical (unpaired) electrons. The topological polar surface area (TPSA) is 0 Å². The molecule has 72 valence electrons. The second-order valence-electron chi connectivity index (χ2n) is 3.95. The summed E-state index contributed by atoms with van der Waals surface area (Å²) in [6, 6.07) is 9.48. The van der Waals surface area contributed by atoms with Gasteiger partial charge in [0.1, 0.15) is 0 Å². The van der Waals surface area contributed by atoms with Crippen LogP contribution < -0.4 is 0 Å². The fraction of sp³-hybridized carbons (Fsp3) is 0.400. The maximum atomic E-state index is 12.6. The van der Waals surface area contributed by atoms with Gasteiger partial charge in [-0.05, 0) is 12.0 Å². The molecule has 0 aromatic heterocycles. The van der Waals surface area contributed by atoms with Gasteiger partial charge >= 0.3 is 9.46 Å². The van der Waals surface area contributed by atoms with Gasteiger partial charge in [0.25, 0.3) is 0 Å². The van der Waals surface area contributed by atoms with Gasteiger partial charge in [-0.2, -0.15) is 0 Å². The molecular formula is C10H14F2Si. The van der Waals surface area contributed by atoms with E-state index in [0.717, 1.165) is 5.56 Å². The highest BCUT2D eigenvalue weighted by Gasteiger charge is 2.32. The first-order valence-corrected chi connectivity index (χ1v) is 5.79. The quantitative estimate of drug-likeness (QED) is 0.519. The van der Waals surface area contributed by atoms with Crippen molar-refractivity contribution in [1.29, 1.82) is 0 Å². The Balaban J connectivity index is 2.69. The Morgan fingerprint density at radius 1 is 1.15 bits per heavy atom. The summed E-state index contributed by atoms with van der Waals surface area (Å²) in [7, 11) is -3.55. The van der Waals surface area contributed by atoms with Crippen molar-refractivity contribution in [3.05, 3.63) is 35.9 Å². The Morgan fingerprint density at radius 2 is 1.69 bits per heavy atom. The molecule has 13 heavy (non-hydrogen) atoms. The summed E-state index contributed by atoms with van der Waals surface area (Å²) in [6.07, 6.45) is 0.484. The first-order valence-electron chi connectivity index (χ1n) is 4.34. The van der Waals surface area contributed by atoms with Crippen molar-refractivity contribution in [1.82, 2.24) is 0 Å². The molecule has 0 aliphatic heterocycles. The SMILES string of the molecule is CC(C)(Cc1ccccc1)[SiH](F)F. The van der Waals surface area contributed by atoms with Gasteiger partial charge in [-0.25, -0.2) is 0 Å². The van der Waals surface area contributed by atoms with E-state index in [1.165, 1.54) is 0 Å². The van der Waals surface area contributed by atoms with E-state index in [-0.39, 0.29) is 0 Å². The molecule has 0 N–H and O–H groups in total. The van der Waals surface area contributed by atoms with Crippen molar-refractivity contribution in [3.63, 3.8) is 0 Å². The number of halogens is 2. The van der Waals surface area contributed by atoms with Gasteiger partial charge in [0.2, 0.25) is 0 Å². The molecule has 1 rings (SSSR count). The molecule has 0 atom stereocenters. The molecular weight excluding hydrogens is 186 g/mol. The Hall–Kier alpha value is -0.703. The maximum Gasteiger partial charge on any atom is 0.417 e. The number of benzene rings is 1.